The molecule has 1 saturated heterocycles. The molecule has 4 heteroatoms. The van der Waals surface area contributed by atoms with Crippen molar-refractivity contribution in [1.82, 2.24) is 4.90 Å². The number of rotatable bonds is 4. The molecule has 3 rings (SSSR count). The number of aryl methyl sites for hydroxylation is 1. The lowest BCUT2D eigenvalue weighted by molar-refractivity contribution is 0.154. The molecule has 1 aromatic heterocycles. The zero-order chi connectivity index (χ0) is 16.6. The van der Waals surface area contributed by atoms with Gasteiger partial charge in [-0.2, -0.15) is 0 Å². The Hall–Kier alpha value is -1.65. The van der Waals surface area contributed by atoms with E-state index in [1.54, 1.807) is 6.07 Å². The minimum atomic E-state index is -0.302. The molecule has 0 unspecified atom stereocenters. The third kappa shape index (κ3) is 3.19. The van der Waals surface area contributed by atoms with E-state index in [4.69, 9.17) is 4.42 Å². The maximum absolute atomic E-state index is 11.9. The van der Waals surface area contributed by atoms with Crippen LogP contribution in [-0.2, 0) is 6.54 Å². The molecule has 1 fully saturated rings. The number of hydrogen-bond donors (Lipinski definition) is 1. The van der Waals surface area contributed by atoms with Crippen molar-refractivity contribution >= 4 is 11.0 Å². The van der Waals surface area contributed by atoms with Crippen LogP contribution in [0.15, 0.2) is 27.4 Å². The minimum Gasteiger partial charge on any atom is -0.423 e. The van der Waals surface area contributed by atoms with Crippen molar-refractivity contribution in [2.24, 2.45) is 0 Å². The number of benzene rings is 1. The maximum atomic E-state index is 11.9. The fraction of sp³-hybridized carbons (Fsp3) is 0.526. The third-order valence-electron chi connectivity index (χ3n) is 4.92. The summed E-state index contributed by atoms with van der Waals surface area (Å²) in [7, 11) is 0. The summed E-state index contributed by atoms with van der Waals surface area (Å²) >= 11 is 0. The standard InChI is InChI=1S/C19H25NO3/c1-12(2)16-9-17-14(10-20-6-4-5-15(20)11-21)8-19(22)23-18(17)7-13(16)3/h7-9,12,15,21H,4-6,10-11H2,1-3H3/t15-/m1/s1. The van der Waals surface area contributed by atoms with E-state index in [2.05, 4.69) is 31.7 Å². The van der Waals surface area contributed by atoms with E-state index >= 15 is 0 Å². The van der Waals surface area contributed by atoms with Gasteiger partial charge in [0.25, 0.3) is 0 Å². The molecule has 1 N–H and O–H groups in total. The molecule has 124 valence electrons. The Morgan fingerprint density at radius 3 is 2.83 bits per heavy atom. The molecule has 23 heavy (non-hydrogen) atoms. The molecule has 0 radical (unpaired) electrons. The van der Waals surface area contributed by atoms with E-state index in [1.165, 1.54) is 5.56 Å². The molecule has 1 aliphatic rings. The molecular formula is C19H25NO3. The Labute approximate surface area is 136 Å². The SMILES string of the molecule is Cc1cc2oc(=O)cc(CN3CCC[C@@H]3CO)c2cc1C(C)C. The fourth-order valence-corrected chi connectivity index (χ4v) is 3.67. The molecule has 2 heterocycles. The topological polar surface area (TPSA) is 53.7 Å². The lowest BCUT2D eigenvalue weighted by atomic mass is 9.95. The largest absolute Gasteiger partial charge is 0.423 e. The molecule has 2 aromatic rings. The normalized spacial score (nSPS) is 19.1. The summed E-state index contributed by atoms with van der Waals surface area (Å²) in [6, 6.07) is 5.95. The Bertz CT molecular complexity index is 763. The van der Waals surface area contributed by atoms with E-state index in [0.29, 0.717) is 18.0 Å². The monoisotopic (exact) mass is 315 g/mol. The van der Waals surface area contributed by atoms with Gasteiger partial charge in [0.05, 0.1) is 6.61 Å². The quantitative estimate of drug-likeness (QED) is 0.881. The Kier molecular flexibility index (Phi) is 4.55. The molecule has 1 aromatic carbocycles. The second kappa shape index (κ2) is 6.46. The summed E-state index contributed by atoms with van der Waals surface area (Å²) in [6.07, 6.45) is 2.12. The van der Waals surface area contributed by atoms with Crippen LogP contribution < -0.4 is 5.63 Å². The fourth-order valence-electron chi connectivity index (χ4n) is 3.67. The second-order valence-electron chi connectivity index (χ2n) is 6.90. The van der Waals surface area contributed by atoms with Crippen molar-refractivity contribution in [3.05, 3.63) is 45.3 Å². The number of aliphatic hydroxyl groups excluding tert-OH is 1. The van der Waals surface area contributed by atoms with Crippen molar-refractivity contribution in [3.8, 4) is 0 Å². The lowest BCUT2D eigenvalue weighted by Crippen LogP contribution is -2.31. The van der Waals surface area contributed by atoms with Crippen LogP contribution in [0.25, 0.3) is 11.0 Å². The average molecular weight is 315 g/mol. The molecule has 0 aliphatic carbocycles. The number of nitrogens with zero attached hydrogens (tertiary/aromatic N) is 1. The van der Waals surface area contributed by atoms with Crippen LogP contribution in [0.3, 0.4) is 0 Å². The van der Waals surface area contributed by atoms with E-state index in [-0.39, 0.29) is 18.3 Å². The van der Waals surface area contributed by atoms with E-state index < -0.39 is 0 Å². The van der Waals surface area contributed by atoms with Crippen LogP contribution in [0, 0.1) is 6.92 Å². The van der Waals surface area contributed by atoms with Crippen molar-refractivity contribution in [2.75, 3.05) is 13.2 Å². The molecule has 1 aliphatic heterocycles. The van der Waals surface area contributed by atoms with Gasteiger partial charge in [-0.15, -0.1) is 0 Å². The molecular weight excluding hydrogens is 290 g/mol. The number of aliphatic hydroxyl groups is 1. The van der Waals surface area contributed by atoms with Gasteiger partial charge in [-0.25, -0.2) is 4.79 Å². The first-order chi connectivity index (χ1) is 11.0. The summed E-state index contributed by atoms with van der Waals surface area (Å²) in [6.45, 7) is 8.24. The van der Waals surface area contributed by atoms with Gasteiger partial charge in [0.2, 0.25) is 0 Å². The van der Waals surface area contributed by atoms with Crippen molar-refractivity contribution in [3.63, 3.8) is 0 Å². The van der Waals surface area contributed by atoms with Gasteiger partial charge in [-0.1, -0.05) is 13.8 Å². The van der Waals surface area contributed by atoms with E-state index in [0.717, 1.165) is 35.9 Å². The second-order valence-corrected chi connectivity index (χ2v) is 6.90. The number of hydrogen-bond acceptors (Lipinski definition) is 4. The zero-order valence-corrected chi connectivity index (χ0v) is 14.1. The summed E-state index contributed by atoms with van der Waals surface area (Å²) in [4.78, 5) is 14.2. The van der Waals surface area contributed by atoms with Crippen LogP contribution in [0.4, 0.5) is 0 Å². The van der Waals surface area contributed by atoms with Gasteiger partial charge in [0, 0.05) is 24.0 Å². The first kappa shape index (κ1) is 16.2. The predicted octanol–water partition coefficient (Wildman–Crippen LogP) is 3.18. The highest BCUT2D eigenvalue weighted by atomic mass is 16.4. The molecule has 0 amide bonds. The van der Waals surface area contributed by atoms with Gasteiger partial charge in [0.1, 0.15) is 5.58 Å². The van der Waals surface area contributed by atoms with Crippen molar-refractivity contribution in [2.45, 2.75) is 52.1 Å². The van der Waals surface area contributed by atoms with E-state index in [1.807, 2.05) is 6.07 Å². The van der Waals surface area contributed by atoms with Gasteiger partial charge in [-0.05, 0) is 61.1 Å². The van der Waals surface area contributed by atoms with Crippen LogP contribution in [0.5, 0.6) is 0 Å². The molecule has 0 bridgehead atoms. The summed E-state index contributed by atoms with van der Waals surface area (Å²) < 4.78 is 5.41. The van der Waals surface area contributed by atoms with Crippen LogP contribution in [-0.4, -0.2) is 29.2 Å². The highest BCUT2D eigenvalue weighted by molar-refractivity contribution is 5.82. The Balaban J connectivity index is 2.08. The first-order valence-electron chi connectivity index (χ1n) is 8.41. The molecule has 0 saturated carbocycles. The van der Waals surface area contributed by atoms with E-state index in [9.17, 15) is 9.90 Å². The Morgan fingerprint density at radius 2 is 2.13 bits per heavy atom. The van der Waals surface area contributed by atoms with Gasteiger partial charge in [0.15, 0.2) is 0 Å². The van der Waals surface area contributed by atoms with Crippen molar-refractivity contribution in [1.29, 1.82) is 0 Å². The van der Waals surface area contributed by atoms with Crippen LogP contribution in [0.2, 0.25) is 0 Å². The third-order valence-corrected chi connectivity index (χ3v) is 4.92. The van der Waals surface area contributed by atoms with Gasteiger partial charge in [-0.3, -0.25) is 4.90 Å². The minimum absolute atomic E-state index is 0.176. The van der Waals surface area contributed by atoms with Crippen LogP contribution >= 0.6 is 0 Å². The predicted molar refractivity (Wildman–Crippen MR) is 91.8 cm³/mol. The number of likely N-dealkylation sites (tertiary alicyclic amines) is 1. The highest BCUT2D eigenvalue weighted by Gasteiger charge is 2.24. The zero-order valence-electron chi connectivity index (χ0n) is 14.1. The lowest BCUT2D eigenvalue weighted by Gasteiger charge is -2.23. The average Bonchev–Trinajstić information content (AvgIpc) is 2.93. The van der Waals surface area contributed by atoms with Gasteiger partial charge < -0.3 is 9.52 Å². The van der Waals surface area contributed by atoms with Crippen LogP contribution in [0.1, 0.15) is 49.3 Å². The first-order valence-corrected chi connectivity index (χ1v) is 8.41. The molecule has 1 atom stereocenters. The summed E-state index contributed by atoms with van der Waals surface area (Å²) in [5.41, 5.74) is 3.80. The molecule has 0 spiro atoms. The highest BCUT2D eigenvalue weighted by Crippen LogP contribution is 2.28. The molecule has 4 nitrogen and oxygen atoms in total. The summed E-state index contributed by atoms with van der Waals surface area (Å²) in [5, 5.41) is 10.5. The smallest absolute Gasteiger partial charge is 0.336 e. The summed E-state index contributed by atoms with van der Waals surface area (Å²) in [5.74, 6) is 0.427. The Morgan fingerprint density at radius 1 is 1.35 bits per heavy atom. The van der Waals surface area contributed by atoms with Crippen molar-refractivity contribution < 1.29 is 9.52 Å². The number of fused-ring (bicyclic) bond motifs is 1. The maximum Gasteiger partial charge on any atom is 0.336 e. The van der Waals surface area contributed by atoms with Gasteiger partial charge >= 0.3 is 5.63 Å².